The summed E-state index contributed by atoms with van der Waals surface area (Å²) in [7, 11) is 0. The lowest BCUT2D eigenvalue weighted by molar-refractivity contribution is 1.08. The van der Waals surface area contributed by atoms with E-state index in [1.54, 1.807) is 0 Å². The first-order valence-corrected chi connectivity index (χ1v) is 4.86. The fourth-order valence-corrected chi connectivity index (χ4v) is 1.64. The topological polar surface area (TPSA) is 0 Å². The molecule has 65 valence electrons. The van der Waals surface area contributed by atoms with Gasteiger partial charge in [0.1, 0.15) is 0 Å². The van der Waals surface area contributed by atoms with E-state index in [2.05, 4.69) is 30.4 Å². The monoisotopic (exact) mass is 189 g/mol. The number of alkyl halides is 1. The van der Waals surface area contributed by atoms with Gasteiger partial charge in [0.2, 0.25) is 0 Å². The van der Waals surface area contributed by atoms with Crippen molar-refractivity contribution in [3.63, 3.8) is 0 Å². The number of fused-ring (bicyclic) bond motifs is 1. The fourth-order valence-electron chi connectivity index (χ4n) is 1.54. The summed E-state index contributed by atoms with van der Waals surface area (Å²) in [5.74, 6) is 0.871. The molecule has 13 heavy (non-hydrogen) atoms. The van der Waals surface area contributed by atoms with Gasteiger partial charge in [0.15, 0.2) is 0 Å². The number of rotatable bonds is 2. The Hall–Kier alpha value is -1.01. The van der Waals surface area contributed by atoms with Crippen molar-refractivity contribution in [3.8, 4) is 0 Å². The molecule has 1 radical (unpaired) electrons. The van der Waals surface area contributed by atoms with Gasteiger partial charge in [-0.05, 0) is 17.2 Å². The minimum Gasteiger partial charge on any atom is -0.122 e. The Morgan fingerprint density at radius 3 is 3.08 bits per heavy atom. The van der Waals surface area contributed by atoms with E-state index >= 15 is 0 Å². The molecule has 0 saturated carbocycles. The van der Waals surface area contributed by atoms with Crippen LogP contribution in [0.5, 0.6) is 0 Å². The van der Waals surface area contributed by atoms with Gasteiger partial charge in [-0.15, -0.1) is 11.6 Å². The van der Waals surface area contributed by atoms with Crippen LogP contribution in [0.1, 0.15) is 17.0 Å². The van der Waals surface area contributed by atoms with Crippen LogP contribution in [0.3, 0.4) is 0 Å². The van der Waals surface area contributed by atoms with Gasteiger partial charge in [-0.3, -0.25) is 0 Å². The zero-order valence-corrected chi connectivity index (χ0v) is 7.96. The maximum Gasteiger partial charge on any atom is 0.0404 e. The number of halogens is 1. The van der Waals surface area contributed by atoms with Crippen molar-refractivity contribution >= 4 is 17.7 Å². The van der Waals surface area contributed by atoms with Crippen molar-refractivity contribution in [1.82, 2.24) is 0 Å². The summed E-state index contributed by atoms with van der Waals surface area (Å²) in [6, 6.07) is 8.35. The van der Waals surface area contributed by atoms with E-state index in [0.717, 1.165) is 0 Å². The highest BCUT2D eigenvalue weighted by atomic mass is 35.5. The molecule has 1 heteroatoms. The Labute approximate surface area is 83.5 Å². The quantitative estimate of drug-likeness (QED) is 0.494. The molecule has 0 bridgehead atoms. The third-order valence-corrected chi connectivity index (χ3v) is 2.35. The fraction of sp³-hybridized carbons (Fsp3) is 0.167. The molecule has 0 spiro atoms. The molecule has 1 aliphatic rings. The largest absolute Gasteiger partial charge is 0.122 e. The molecule has 0 nitrogen and oxygen atoms in total. The second-order valence-electron chi connectivity index (χ2n) is 3.00. The molecule has 0 aliphatic heterocycles. The molecule has 2 rings (SSSR count). The van der Waals surface area contributed by atoms with Gasteiger partial charge >= 0.3 is 0 Å². The van der Waals surface area contributed by atoms with Gasteiger partial charge in [0, 0.05) is 11.8 Å². The molecular formula is C12H10Cl. The zero-order chi connectivity index (χ0) is 9.10. The van der Waals surface area contributed by atoms with Gasteiger partial charge in [-0.25, -0.2) is 0 Å². The molecule has 1 unspecified atom stereocenters. The van der Waals surface area contributed by atoms with Crippen molar-refractivity contribution in [1.29, 1.82) is 0 Å². The van der Waals surface area contributed by atoms with Crippen LogP contribution in [0.25, 0.3) is 6.08 Å². The highest BCUT2D eigenvalue weighted by Crippen LogP contribution is 2.29. The van der Waals surface area contributed by atoms with Gasteiger partial charge in [-0.2, -0.15) is 0 Å². The second kappa shape index (κ2) is 3.80. The number of hydrogen-bond acceptors (Lipinski definition) is 0. The lowest BCUT2D eigenvalue weighted by Crippen LogP contribution is -1.88. The number of benzene rings is 1. The maximum atomic E-state index is 5.58. The summed E-state index contributed by atoms with van der Waals surface area (Å²) in [6.45, 7) is 0. The summed E-state index contributed by atoms with van der Waals surface area (Å²) in [6.07, 6.45) is 9.39. The van der Waals surface area contributed by atoms with Crippen molar-refractivity contribution in [3.05, 3.63) is 53.6 Å². The maximum absolute atomic E-state index is 5.58. The van der Waals surface area contributed by atoms with Gasteiger partial charge < -0.3 is 0 Å². The Bertz CT molecular complexity index is 350. The van der Waals surface area contributed by atoms with E-state index in [9.17, 15) is 0 Å². The molecule has 0 aromatic heterocycles. The second-order valence-corrected chi connectivity index (χ2v) is 3.31. The van der Waals surface area contributed by atoms with E-state index in [0.29, 0.717) is 11.8 Å². The smallest absolute Gasteiger partial charge is 0.0404 e. The van der Waals surface area contributed by atoms with Crippen molar-refractivity contribution in [2.45, 2.75) is 5.92 Å². The molecule has 0 amide bonds. The van der Waals surface area contributed by atoms with Gasteiger partial charge in [0.25, 0.3) is 0 Å². The third kappa shape index (κ3) is 1.68. The van der Waals surface area contributed by atoms with E-state index in [-0.39, 0.29) is 0 Å². The molecule has 1 aromatic carbocycles. The van der Waals surface area contributed by atoms with Crippen LogP contribution in [-0.2, 0) is 0 Å². The van der Waals surface area contributed by atoms with E-state index < -0.39 is 0 Å². The van der Waals surface area contributed by atoms with E-state index in [4.69, 9.17) is 11.6 Å². The predicted octanol–water partition coefficient (Wildman–Crippen LogP) is 3.40. The average molecular weight is 190 g/mol. The number of hydrogen-bond donors (Lipinski definition) is 0. The SMILES string of the molecule is ClC/C=C/C1[C]=Cc2ccccc21. The van der Waals surface area contributed by atoms with Crippen LogP contribution in [-0.4, -0.2) is 5.88 Å². The van der Waals surface area contributed by atoms with Crippen molar-refractivity contribution in [2.75, 3.05) is 5.88 Å². The number of allylic oxidation sites excluding steroid dienone is 3. The third-order valence-electron chi connectivity index (χ3n) is 2.17. The molecule has 0 N–H and O–H groups in total. The lowest BCUT2D eigenvalue weighted by atomic mass is 10.0. The molecule has 0 fully saturated rings. The Kier molecular flexibility index (Phi) is 2.51. The Balaban J connectivity index is 2.28. The Morgan fingerprint density at radius 1 is 1.38 bits per heavy atom. The first-order chi connectivity index (χ1) is 6.42. The highest BCUT2D eigenvalue weighted by molar-refractivity contribution is 6.18. The van der Waals surface area contributed by atoms with Crippen LogP contribution in [0.15, 0.2) is 36.4 Å². The first kappa shape index (κ1) is 8.58. The van der Waals surface area contributed by atoms with Crippen molar-refractivity contribution < 1.29 is 0 Å². The molecule has 1 aliphatic carbocycles. The van der Waals surface area contributed by atoms with Crippen LogP contribution in [0, 0.1) is 6.08 Å². The van der Waals surface area contributed by atoms with Gasteiger partial charge in [0.05, 0.1) is 0 Å². The minimum absolute atomic E-state index is 0.301. The summed E-state index contributed by atoms with van der Waals surface area (Å²) in [5, 5.41) is 0. The molecule has 1 aromatic rings. The summed E-state index contributed by atoms with van der Waals surface area (Å²) in [5.41, 5.74) is 2.59. The molecular weight excluding hydrogens is 180 g/mol. The first-order valence-electron chi connectivity index (χ1n) is 4.32. The zero-order valence-electron chi connectivity index (χ0n) is 7.20. The van der Waals surface area contributed by atoms with Gasteiger partial charge in [-0.1, -0.05) is 42.5 Å². The van der Waals surface area contributed by atoms with E-state index in [1.807, 2.05) is 18.2 Å². The molecule has 1 atom stereocenters. The lowest BCUT2D eigenvalue weighted by Gasteiger charge is -2.03. The van der Waals surface area contributed by atoms with Crippen LogP contribution in [0.4, 0.5) is 0 Å². The standard InChI is InChI=1S/C12H10Cl/c13-9-3-5-11-8-7-10-4-1-2-6-12(10)11/h1-7,11H,9H2/b5-3+. The van der Waals surface area contributed by atoms with Crippen LogP contribution in [0.2, 0.25) is 0 Å². The summed E-state index contributed by atoms with van der Waals surface area (Å²) in [4.78, 5) is 0. The predicted molar refractivity (Wildman–Crippen MR) is 56.8 cm³/mol. The normalized spacial score (nSPS) is 19.6. The molecule has 0 saturated heterocycles. The average Bonchev–Trinajstić information content (AvgIpc) is 2.58. The van der Waals surface area contributed by atoms with Crippen molar-refractivity contribution in [2.24, 2.45) is 0 Å². The highest BCUT2D eigenvalue weighted by Gasteiger charge is 2.13. The Morgan fingerprint density at radius 2 is 2.23 bits per heavy atom. The van der Waals surface area contributed by atoms with Crippen LogP contribution < -0.4 is 0 Å². The minimum atomic E-state index is 0.301. The molecule has 0 heterocycles. The van der Waals surface area contributed by atoms with E-state index in [1.165, 1.54) is 11.1 Å². The summed E-state index contributed by atoms with van der Waals surface area (Å²) < 4.78 is 0. The summed E-state index contributed by atoms with van der Waals surface area (Å²) >= 11 is 5.58. The van der Waals surface area contributed by atoms with Crippen LogP contribution >= 0.6 is 11.6 Å².